The molecule has 1 aromatic heterocycles. The van der Waals surface area contributed by atoms with E-state index in [1.54, 1.807) is 6.07 Å². The third-order valence-electron chi connectivity index (χ3n) is 4.22. The van der Waals surface area contributed by atoms with Crippen molar-refractivity contribution in [1.29, 1.82) is 0 Å². The first-order valence-corrected chi connectivity index (χ1v) is 8.63. The zero-order valence-electron chi connectivity index (χ0n) is 14.3. The van der Waals surface area contributed by atoms with Crippen molar-refractivity contribution in [2.45, 2.75) is 25.7 Å². The second-order valence-electron chi connectivity index (χ2n) is 6.05. The molecule has 0 aliphatic rings. The van der Waals surface area contributed by atoms with Crippen LogP contribution in [0.25, 0.3) is 11.3 Å². The summed E-state index contributed by atoms with van der Waals surface area (Å²) in [5, 5.41) is 6.89. The highest BCUT2D eigenvalue weighted by atomic mass is 16.5. The van der Waals surface area contributed by atoms with Crippen molar-refractivity contribution in [2.24, 2.45) is 0 Å². The Morgan fingerprint density at radius 2 is 1.76 bits per heavy atom. The Hall–Kier alpha value is -2.88. The molecule has 0 aliphatic carbocycles. The molecule has 2 aromatic carbocycles. The summed E-state index contributed by atoms with van der Waals surface area (Å²) >= 11 is 0. The van der Waals surface area contributed by atoms with Crippen LogP contribution in [0.15, 0.2) is 71.3 Å². The summed E-state index contributed by atoms with van der Waals surface area (Å²) in [5.74, 6) is 0.692. The van der Waals surface area contributed by atoms with Gasteiger partial charge in [0.05, 0.1) is 0 Å². The Kier molecular flexibility index (Phi) is 5.62. The molecule has 0 unspecified atom stereocenters. The first-order chi connectivity index (χ1) is 12.3. The number of hydrogen-bond donors (Lipinski definition) is 1. The highest BCUT2D eigenvalue weighted by Gasteiger charge is 2.16. The lowest BCUT2D eigenvalue weighted by molar-refractivity contribution is 0.0941. The van der Waals surface area contributed by atoms with Gasteiger partial charge in [0.15, 0.2) is 11.5 Å². The van der Waals surface area contributed by atoms with Crippen molar-refractivity contribution in [2.75, 3.05) is 6.54 Å². The normalized spacial score (nSPS) is 11.9. The van der Waals surface area contributed by atoms with Gasteiger partial charge in [-0.3, -0.25) is 4.79 Å². The summed E-state index contributed by atoms with van der Waals surface area (Å²) in [6.07, 6.45) is 2.09. The predicted molar refractivity (Wildman–Crippen MR) is 98.4 cm³/mol. The lowest BCUT2D eigenvalue weighted by atomic mass is 9.94. The van der Waals surface area contributed by atoms with E-state index in [2.05, 4.69) is 29.5 Å². The second-order valence-corrected chi connectivity index (χ2v) is 6.05. The summed E-state index contributed by atoms with van der Waals surface area (Å²) < 4.78 is 5.30. The molecule has 1 atom stereocenters. The number of hydrogen-bond acceptors (Lipinski definition) is 3. The van der Waals surface area contributed by atoms with Crippen LogP contribution in [0.4, 0.5) is 0 Å². The molecule has 0 saturated heterocycles. The maximum Gasteiger partial charge on any atom is 0.273 e. The summed E-state index contributed by atoms with van der Waals surface area (Å²) in [5.41, 5.74) is 2.46. The van der Waals surface area contributed by atoms with Crippen molar-refractivity contribution in [1.82, 2.24) is 10.5 Å². The number of carbonyl (C=O) groups excluding carboxylic acids is 1. The van der Waals surface area contributed by atoms with Gasteiger partial charge in [-0.15, -0.1) is 0 Å². The lowest BCUT2D eigenvalue weighted by Crippen LogP contribution is -2.28. The molecule has 4 nitrogen and oxygen atoms in total. The van der Waals surface area contributed by atoms with Gasteiger partial charge in [0, 0.05) is 24.1 Å². The average molecular weight is 334 g/mol. The van der Waals surface area contributed by atoms with Crippen LogP contribution in [0.3, 0.4) is 0 Å². The van der Waals surface area contributed by atoms with Crippen LogP contribution in [-0.4, -0.2) is 17.6 Å². The van der Waals surface area contributed by atoms with E-state index < -0.39 is 0 Å². The van der Waals surface area contributed by atoms with Crippen molar-refractivity contribution < 1.29 is 9.32 Å². The maximum absolute atomic E-state index is 12.4. The average Bonchev–Trinajstić information content (AvgIpc) is 3.16. The van der Waals surface area contributed by atoms with Gasteiger partial charge in [-0.1, -0.05) is 79.2 Å². The molecule has 4 heteroatoms. The summed E-state index contributed by atoms with van der Waals surface area (Å²) in [7, 11) is 0. The molecule has 0 fully saturated rings. The van der Waals surface area contributed by atoms with Crippen molar-refractivity contribution in [3.05, 3.63) is 78.0 Å². The quantitative estimate of drug-likeness (QED) is 0.684. The predicted octanol–water partition coefficient (Wildman–Crippen LogP) is 4.66. The fraction of sp³-hybridized carbons (Fsp3) is 0.238. The molecule has 3 rings (SSSR count). The molecule has 25 heavy (non-hydrogen) atoms. The lowest BCUT2D eigenvalue weighted by Gasteiger charge is -2.17. The standard InChI is InChI=1S/C21H22N2O2/c1-2-9-18(16-10-5-3-6-11-16)15-22-21(24)19-14-20(25-23-19)17-12-7-4-8-13-17/h3-8,10-14,18H,2,9,15H2,1H3,(H,22,24)/t18-/m1/s1. The topological polar surface area (TPSA) is 55.1 Å². The van der Waals surface area contributed by atoms with Crippen LogP contribution in [0.1, 0.15) is 41.7 Å². The van der Waals surface area contributed by atoms with Crippen molar-refractivity contribution >= 4 is 5.91 Å². The van der Waals surface area contributed by atoms with E-state index in [-0.39, 0.29) is 5.91 Å². The van der Waals surface area contributed by atoms with Gasteiger partial charge in [0.2, 0.25) is 0 Å². The Morgan fingerprint density at radius 1 is 1.08 bits per heavy atom. The van der Waals surface area contributed by atoms with Gasteiger partial charge >= 0.3 is 0 Å². The maximum atomic E-state index is 12.4. The van der Waals surface area contributed by atoms with Crippen LogP contribution >= 0.6 is 0 Å². The van der Waals surface area contributed by atoms with Gasteiger partial charge in [-0.2, -0.15) is 0 Å². The molecule has 0 saturated carbocycles. The smallest absolute Gasteiger partial charge is 0.273 e. The molecule has 128 valence electrons. The molecule has 0 spiro atoms. The van der Waals surface area contributed by atoms with Crippen LogP contribution in [-0.2, 0) is 0 Å². The van der Waals surface area contributed by atoms with Gasteiger partial charge < -0.3 is 9.84 Å². The molecule has 1 amide bonds. The number of aromatic nitrogens is 1. The Morgan fingerprint density at radius 3 is 2.44 bits per heavy atom. The molecular weight excluding hydrogens is 312 g/mol. The number of amides is 1. The number of benzene rings is 2. The minimum Gasteiger partial charge on any atom is -0.355 e. The Balaban J connectivity index is 1.65. The van der Waals surface area contributed by atoms with Crippen molar-refractivity contribution in [3.63, 3.8) is 0 Å². The molecule has 0 bridgehead atoms. The largest absolute Gasteiger partial charge is 0.355 e. The fourth-order valence-corrected chi connectivity index (χ4v) is 2.89. The highest BCUT2D eigenvalue weighted by Crippen LogP contribution is 2.21. The fourth-order valence-electron chi connectivity index (χ4n) is 2.89. The third-order valence-corrected chi connectivity index (χ3v) is 4.22. The van der Waals surface area contributed by atoms with Crippen LogP contribution in [0.5, 0.6) is 0 Å². The van der Waals surface area contributed by atoms with E-state index in [0.717, 1.165) is 18.4 Å². The monoisotopic (exact) mass is 334 g/mol. The summed E-state index contributed by atoms with van der Waals surface area (Å²) in [6, 6.07) is 21.6. The van der Waals surface area contributed by atoms with E-state index >= 15 is 0 Å². The second kappa shape index (κ2) is 8.29. The van der Waals surface area contributed by atoms with Crippen LogP contribution < -0.4 is 5.32 Å². The molecule has 1 N–H and O–H groups in total. The van der Waals surface area contributed by atoms with E-state index in [1.165, 1.54) is 5.56 Å². The number of nitrogens with one attached hydrogen (secondary N) is 1. The molecular formula is C21H22N2O2. The van der Waals surface area contributed by atoms with E-state index in [1.807, 2.05) is 48.5 Å². The third kappa shape index (κ3) is 4.35. The zero-order valence-corrected chi connectivity index (χ0v) is 14.3. The first kappa shape index (κ1) is 17.0. The Labute approximate surface area is 147 Å². The molecule has 3 aromatic rings. The van der Waals surface area contributed by atoms with E-state index in [9.17, 15) is 4.79 Å². The summed E-state index contributed by atoms with van der Waals surface area (Å²) in [4.78, 5) is 12.4. The first-order valence-electron chi connectivity index (χ1n) is 8.63. The van der Waals surface area contributed by atoms with Crippen molar-refractivity contribution in [3.8, 4) is 11.3 Å². The van der Waals surface area contributed by atoms with E-state index in [4.69, 9.17) is 4.52 Å². The highest BCUT2D eigenvalue weighted by molar-refractivity contribution is 5.93. The zero-order chi connectivity index (χ0) is 17.5. The molecule has 1 heterocycles. The van der Waals surface area contributed by atoms with Crippen LogP contribution in [0, 0.1) is 0 Å². The van der Waals surface area contributed by atoms with Gasteiger partial charge in [-0.05, 0) is 12.0 Å². The minimum absolute atomic E-state index is 0.206. The number of carbonyl (C=O) groups is 1. The van der Waals surface area contributed by atoms with Gasteiger partial charge in [-0.25, -0.2) is 0 Å². The SMILES string of the molecule is CCC[C@H](CNC(=O)c1cc(-c2ccccc2)on1)c1ccccc1. The van der Waals surface area contributed by atoms with Gasteiger partial charge in [0.25, 0.3) is 5.91 Å². The number of rotatable bonds is 7. The Bertz CT molecular complexity index is 797. The van der Waals surface area contributed by atoms with Gasteiger partial charge in [0.1, 0.15) is 0 Å². The molecule has 0 radical (unpaired) electrons. The van der Waals surface area contributed by atoms with Crippen LogP contribution in [0.2, 0.25) is 0 Å². The minimum atomic E-state index is -0.206. The summed E-state index contributed by atoms with van der Waals surface area (Å²) in [6.45, 7) is 2.74. The number of nitrogens with zero attached hydrogens (tertiary/aromatic N) is 1. The van der Waals surface area contributed by atoms with E-state index in [0.29, 0.717) is 23.9 Å². The molecule has 0 aliphatic heterocycles.